The number of anilines is 1. The molecule has 0 saturated carbocycles. The van der Waals surface area contributed by atoms with Crippen molar-refractivity contribution in [2.24, 2.45) is 0 Å². The number of benzene rings is 1. The van der Waals surface area contributed by atoms with Gasteiger partial charge in [-0.3, -0.25) is 0 Å². The van der Waals surface area contributed by atoms with Gasteiger partial charge in [-0.2, -0.15) is 4.31 Å². The summed E-state index contributed by atoms with van der Waals surface area (Å²) in [5, 5.41) is 0.371. The zero-order valence-electron chi connectivity index (χ0n) is 11.6. The van der Waals surface area contributed by atoms with Crippen LogP contribution in [0.25, 0.3) is 0 Å². The van der Waals surface area contributed by atoms with Gasteiger partial charge in [-0.05, 0) is 24.6 Å². The third-order valence-electron chi connectivity index (χ3n) is 2.77. The van der Waals surface area contributed by atoms with E-state index in [1.54, 1.807) is 6.92 Å². The number of sulfonamides is 1. The Morgan fingerprint density at radius 2 is 2.15 bits per heavy atom. The van der Waals surface area contributed by atoms with Gasteiger partial charge in [0, 0.05) is 20.2 Å². The lowest BCUT2D eigenvalue weighted by atomic mass is 10.2. The largest absolute Gasteiger partial charge is 0.397 e. The Morgan fingerprint density at radius 1 is 1.50 bits per heavy atom. The minimum atomic E-state index is -3.65. The molecule has 1 aromatic carbocycles. The Morgan fingerprint density at radius 3 is 2.65 bits per heavy atom. The third-order valence-corrected chi connectivity index (χ3v) is 5.13. The van der Waals surface area contributed by atoms with Crippen LogP contribution in [-0.2, 0) is 14.8 Å². The fraction of sp³-hybridized carbons (Fsp3) is 0.385. The van der Waals surface area contributed by atoms with E-state index in [1.165, 1.54) is 29.6 Å². The van der Waals surface area contributed by atoms with Crippen molar-refractivity contribution in [3.8, 4) is 0 Å². The zero-order valence-corrected chi connectivity index (χ0v) is 13.2. The molecule has 0 spiro atoms. The van der Waals surface area contributed by atoms with E-state index in [2.05, 4.69) is 6.58 Å². The molecule has 5 nitrogen and oxygen atoms in total. The van der Waals surface area contributed by atoms with Crippen LogP contribution in [0, 0.1) is 6.92 Å². The minimum Gasteiger partial charge on any atom is -0.397 e. The van der Waals surface area contributed by atoms with Gasteiger partial charge < -0.3 is 10.5 Å². The quantitative estimate of drug-likeness (QED) is 0.617. The molecule has 0 unspecified atom stereocenters. The predicted octanol–water partition coefficient (Wildman–Crippen LogP) is 2.05. The molecule has 0 amide bonds. The first-order valence-corrected chi connectivity index (χ1v) is 7.82. The van der Waals surface area contributed by atoms with Crippen molar-refractivity contribution in [3.63, 3.8) is 0 Å². The van der Waals surface area contributed by atoms with E-state index in [1.807, 2.05) is 0 Å². The van der Waals surface area contributed by atoms with Crippen molar-refractivity contribution in [1.82, 2.24) is 4.31 Å². The van der Waals surface area contributed by atoms with Gasteiger partial charge in [0.05, 0.1) is 22.2 Å². The second kappa shape index (κ2) is 7.08. The molecule has 0 bridgehead atoms. The van der Waals surface area contributed by atoms with E-state index in [0.29, 0.717) is 17.2 Å². The molecule has 0 aliphatic carbocycles. The molecular formula is C13H19ClN2O3S. The van der Waals surface area contributed by atoms with Gasteiger partial charge in [0.15, 0.2) is 0 Å². The first-order chi connectivity index (χ1) is 9.34. The minimum absolute atomic E-state index is 0.120. The number of nitrogen functional groups attached to an aromatic ring is 1. The smallest absolute Gasteiger partial charge is 0.243 e. The van der Waals surface area contributed by atoms with Crippen molar-refractivity contribution >= 4 is 27.3 Å². The van der Waals surface area contributed by atoms with Crippen LogP contribution < -0.4 is 5.73 Å². The van der Waals surface area contributed by atoms with Crippen LogP contribution in [0.15, 0.2) is 29.7 Å². The Labute approximate surface area is 125 Å². The summed E-state index contributed by atoms with van der Waals surface area (Å²) < 4.78 is 31.3. The van der Waals surface area contributed by atoms with Gasteiger partial charge in [-0.15, -0.1) is 6.58 Å². The highest BCUT2D eigenvalue weighted by atomic mass is 35.5. The molecule has 0 radical (unpaired) electrons. The van der Waals surface area contributed by atoms with Crippen LogP contribution in [0.1, 0.15) is 5.56 Å². The van der Waals surface area contributed by atoms with E-state index in [-0.39, 0.29) is 23.7 Å². The van der Waals surface area contributed by atoms with E-state index < -0.39 is 10.0 Å². The number of hydrogen-bond acceptors (Lipinski definition) is 4. The third kappa shape index (κ3) is 3.73. The van der Waals surface area contributed by atoms with Gasteiger partial charge in [-0.1, -0.05) is 17.7 Å². The lowest BCUT2D eigenvalue weighted by Crippen LogP contribution is -2.34. The number of ether oxygens (including phenoxy) is 1. The topological polar surface area (TPSA) is 72.6 Å². The number of aryl methyl sites for hydroxylation is 1. The number of halogens is 1. The summed E-state index contributed by atoms with van der Waals surface area (Å²) in [6.07, 6.45) is 1.53. The summed E-state index contributed by atoms with van der Waals surface area (Å²) in [4.78, 5) is 0.120. The van der Waals surface area contributed by atoms with Crippen LogP contribution in [-0.4, -0.2) is 39.5 Å². The standard InChI is InChI=1S/C13H19ClN2O3S/c1-4-5-16(6-7-19-3)20(17,18)11-8-10(2)13(14)12(15)9-11/h4,8-9H,1,5-7,15H2,2-3H3. The number of methoxy groups -OCH3 is 1. The second-order valence-electron chi connectivity index (χ2n) is 4.29. The first kappa shape index (κ1) is 17.0. The number of rotatable bonds is 7. The Balaban J connectivity index is 3.22. The van der Waals surface area contributed by atoms with E-state index in [0.717, 1.165) is 0 Å². The summed E-state index contributed by atoms with van der Waals surface area (Å²) in [5.41, 5.74) is 6.60. The molecule has 0 heterocycles. The summed E-state index contributed by atoms with van der Waals surface area (Å²) in [5.74, 6) is 0. The van der Waals surface area contributed by atoms with Crippen LogP contribution >= 0.6 is 11.6 Å². The molecule has 112 valence electrons. The van der Waals surface area contributed by atoms with Crippen molar-refractivity contribution < 1.29 is 13.2 Å². The molecule has 0 aliphatic heterocycles. The van der Waals surface area contributed by atoms with Crippen LogP contribution in [0.4, 0.5) is 5.69 Å². The van der Waals surface area contributed by atoms with E-state index >= 15 is 0 Å². The molecule has 0 fully saturated rings. The predicted molar refractivity (Wildman–Crippen MR) is 81.4 cm³/mol. The normalized spacial score (nSPS) is 11.8. The average molecular weight is 319 g/mol. The molecule has 7 heteroatoms. The van der Waals surface area contributed by atoms with Crippen molar-refractivity contribution in [3.05, 3.63) is 35.4 Å². The van der Waals surface area contributed by atoms with Crippen molar-refractivity contribution in [2.75, 3.05) is 32.5 Å². The summed E-state index contributed by atoms with van der Waals surface area (Å²) in [7, 11) is -2.14. The van der Waals surface area contributed by atoms with Crippen molar-refractivity contribution in [2.45, 2.75) is 11.8 Å². The maximum Gasteiger partial charge on any atom is 0.243 e. The second-order valence-corrected chi connectivity index (χ2v) is 6.60. The Kier molecular flexibility index (Phi) is 6.01. The average Bonchev–Trinajstić information content (AvgIpc) is 2.39. The summed E-state index contributed by atoms with van der Waals surface area (Å²) in [6, 6.07) is 2.88. The van der Waals surface area contributed by atoms with Crippen LogP contribution in [0.2, 0.25) is 5.02 Å². The monoisotopic (exact) mass is 318 g/mol. The highest BCUT2D eigenvalue weighted by Gasteiger charge is 2.24. The Hall–Kier alpha value is -1.08. The SMILES string of the molecule is C=CCN(CCOC)S(=O)(=O)c1cc(C)c(Cl)c(N)c1. The molecule has 0 aliphatic rings. The fourth-order valence-electron chi connectivity index (χ4n) is 1.71. The first-order valence-electron chi connectivity index (χ1n) is 6.00. The molecule has 0 saturated heterocycles. The maximum absolute atomic E-state index is 12.6. The van der Waals surface area contributed by atoms with E-state index in [4.69, 9.17) is 22.1 Å². The molecule has 1 rings (SSSR count). The lowest BCUT2D eigenvalue weighted by Gasteiger charge is -2.21. The van der Waals surface area contributed by atoms with E-state index in [9.17, 15) is 8.42 Å². The number of hydrogen-bond donors (Lipinski definition) is 1. The highest BCUT2D eigenvalue weighted by Crippen LogP contribution is 2.28. The Bertz CT molecular complexity index is 564. The molecule has 0 atom stereocenters. The van der Waals surface area contributed by atoms with Crippen molar-refractivity contribution in [1.29, 1.82) is 0 Å². The molecular weight excluding hydrogens is 300 g/mol. The molecule has 2 N–H and O–H groups in total. The number of nitrogens with zero attached hydrogens (tertiary/aromatic N) is 1. The number of nitrogens with two attached hydrogens (primary N) is 1. The van der Waals surface area contributed by atoms with Crippen LogP contribution in [0.5, 0.6) is 0 Å². The van der Waals surface area contributed by atoms with Gasteiger partial charge in [-0.25, -0.2) is 8.42 Å². The van der Waals surface area contributed by atoms with Crippen LogP contribution in [0.3, 0.4) is 0 Å². The van der Waals surface area contributed by atoms with Gasteiger partial charge in [0.25, 0.3) is 0 Å². The summed E-state index contributed by atoms with van der Waals surface area (Å²) in [6.45, 7) is 6.03. The van der Waals surface area contributed by atoms with Gasteiger partial charge >= 0.3 is 0 Å². The maximum atomic E-state index is 12.6. The van der Waals surface area contributed by atoms with Gasteiger partial charge in [0.1, 0.15) is 0 Å². The summed E-state index contributed by atoms with van der Waals surface area (Å²) >= 11 is 5.95. The molecule has 1 aromatic rings. The lowest BCUT2D eigenvalue weighted by molar-refractivity contribution is 0.182. The zero-order chi connectivity index (χ0) is 15.3. The molecule has 0 aromatic heterocycles. The molecule has 20 heavy (non-hydrogen) atoms. The highest BCUT2D eigenvalue weighted by molar-refractivity contribution is 7.89. The fourth-order valence-corrected chi connectivity index (χ4v) is 3.33. The van der Waals surface area contributed by atoms with Gasteiger partial charge in [0.2, 0.25) is 10.0 Å².